The first kappa shape index (κ1) is 19.5. The highest BCUT2D eigenvalue weighted by atomic mass is 15.4. The predicted octanol–water partition coefficient (Wildman–Crippen LogP) is 5.01. The van der Waals surface area contributed by atoms with Crippen molar-refractivity contribution in [2.24, 2.45) is 23.6 Å². The van der Waals surface area contributed by atoms with Gasteiger partial charge in [0.05, 0.1) is 0 Å². The minimum atomic E-state index is 0.101. The standard InChI is InChI=1S/C25H29N7/c26-31-23-27-22(30-25-14-17-11-18(15-25)13-19(12-17)16-25)28-24(29-23)32(20-7-3-1-4-8-20)21-9-5-2-6-10-21/h1-10,17-19H,11-16,26H2,(H2,27,28,29,30,31). The summed E-state index contributed by atoms with van der Waals surface area (Å²) in [4.78, 5) is 16.2. The van der Waals surface area contributed by atoms with Crippen molar-refractivity contribution in [3.05, 3.63) is 60.7 Å². The average Bonchev–Trinajstić information content (AvgIpc) is 2.79. The van der Waals surface area contributed by atoms with Crippen molar-refractivity contribution >= 4 is 29.2 Å². The van der Waals surface area contributed by atoms with Crippen LogP contribution in [0.4, 0.5) is 29.2 Å². The maximum absolute atomic E-state index is 5.78. The number of nitrogens with one attached hydrogen (secondary N) is 2. The summed E-state index contributed by atoms with van der Waals surface area (Å²) in [5.41, 5.74) is 4.71. The van der Waals surface area contributed by atoms with Crippen LogP contribution in [0.2, 0.25) is 0 Å². The second-order valence-electron chi connectivity index (χ2n) is 9.76. The molecule has 7 heteroatoms. The molecule has 1 aromatic heterocycles. The van der Waals surface area contributed by atoms with Gasteiger partial charge in [-0.3, -0.25) is 10.3 Å². The van der Waals surface area contributed by atoms with Gasteiger partial charge in [-0.1, -0.05) is 36.4 Å². The van der Waals surface area contributed by atoms with E-state index in [9.17, 15) is 0 Å². The number of aromatic nitrogens is 3. The molecule has 4 fully saturated rings. The van der Waals surface area contributed by atoms with Crippen LogP contribution in [-0.2, 0) is 0 Å². The molecule has 7 rings (SSSR count). The molecule has 4 aliphatic rings. The predicted molar refractivity (Wildman–Crippen MR) is 127 cm³/mol. The Balaban J connectivity index is 1.39. The van der Waals surface area contributed by atoms with Gasteiger partial charge in [0, 0.05) is 16.9 Å². The number of nitrogen functional groups attached to an aromatic ring is 1. The van der Waals surface area contributed by atoms with E-state index in [-0.39, 0.29) is 5.54 Å². The highest BCUT2D eigenvalue weighted by molar-refractivity contribution is 5.73. The maximum atomic E-state index is 5.78. The van der Waals surface area contributed by atoms with Crippen molar-refractivity contribution in [2.75, 3.05) is 15.6 Å². The van der Waals surface area contributed by atoms with E-state index in [0.717, 1.165) is 29.1 Å². The number of hydrazine groups is 1. The van der Waals surface area contributed by atoms with E-state index in [2.05, 4.69) is 45.0 Å². The van der Waals surface area contributed by atoms with Gasteiger partial charge in [0.25, 0.3) is 0 Å². The van der Waals surface area contributed by atoms with Crippen molar-refractivity contribution in [3.63, 3.8) is 0 Å². The van der Waals surface area contributed by atoms with Crippen LogP contribution in [0, 0.1) is 17.8 Å². The molecule has 0 spiro atoms. The summed E-state index contributed by atoms with van der Waals surface area (Å²) < 4.78 is 0. The Bertz CT molecular complexity index is 1010. The van der Waals surface area contributed by atoms with Crippen molar-refractivity contribution in [3.8, 4) is 0 Å². The quantitative estimate of drug-likeness (QED) is 0.376. The number of rotatable bonds is 6. The molecule has 7 nitrogen and oxygen atoms in total. The first-order valence-corrected chi connectivity index (χ1v) is 11.6. The molecule has 0 saturated heterocycles. The van der Waals surface area contributed by atoms with Gasteiger partial charge in [-0.25, -0.2) is 5.84 Å². The molecule has 4 aliphatic carbocycles. The topological polar surface area (TPSA) is 92.0 Å². The van der Waals surface area contributed by atoms with Crippen molar-refractivity contribution in [1.29, 1.82) is 0 Å². The molecule has 3 aromatic rings. The van der Waals surface area contributed by atoms with Gasteiger partial charge in [-0.2, -0.15) is 15.0 Å². The molecule has 4 saturated carbocycles. The van der Waals surface area contributed by atoms with E-state index in [0.29, 0.717) is 17.8 Å². The van der Waals surface area contributed by atoms with Crippen LogP contribution in [0.5, 0.6) is 0 Å². The van der Waals surface area contributed by atoms with Gasteiger partial charge in [0.2, 0.25) is 17.8 Å². The third-order valence-corrected chi connectivity index (χ3v) is 7.40. The van der Waals surface area contributed by atoms with Gasteiger partial charge in [-0.15, -0.1) is 0 Å². The second kappa shape index (κ2) is 7.74. The number of anilines is 5. The molecule has 4 N–H and O–H groups in total. The lowest BCUT2D eigenvalue weighted by molar-refractivity contribution is 0.0103. The highest BCUT2D eigenvalue weighted by Crippen LogP contribution is 2.56. The molecule has 0 unspecified atom stereocenters. The fourth-order valence-electron chi connectivity index (χ4n) is 6.62. The minimum absolute atomic E-state index is 0.101. The largest absolute Gasteiger partial charge is 0.349 e. The van der Waals surface area contributed by atoms with Crippen LogP contribution in [0.15, 0.2) is 60.7 Å². The van der Waals surface area contributed by atoms with Crippen molar-refractivity contribution in [1.82, 2.24) is 15.0 Å². The molecule has 32 heavy (non-hydrogen) atoms. The highest BCUT2D eigenvalue weighted by Gasteiger charge is 2.51. The third kappa shape index (κ3) is 3.56. The zero-order valence-corrected chi connectivity index (χ0v) is 18.1. The first-order chi connectivity index (χ1) is 15.7. The smallest absolute Gasteiger partial charge is 0.243 e. The molecule has 2 aromatic carbocycles. The monoisotopic (exact) mass is 427 g/mol. The summed E-state index contributed by atoms with van der Waals surface area (Å²) in [5, 5.41) is 3.78. The second-order valence-corrected chi connectivity index (χ2v) is 9.76. The van der Waals surface area contributed by atoms with Crippen LogP contribution in [0.3, 0.4) is 0 Å². The molecule has 0 amide bonds. The first-order valence-electron chi connectivity index (χ1n) is 11.6. The number of benzene rings is 2. The summed E-state index contributed by atoms with van der Waals surface area (Å²) >= 11 is 0. The Morgan fingerprint density at radius 2 is 1.22 bits per heavy atom. The number of hydrogen-bond acceptors (Lipinski definition) is 7. The van der Waals surface area contributed by atoms with E-state index >= 15 is 0 Å². The fourth-order valence-corrected chi connectivity index (χ4v) is 6.62. The SMILES string of the molecule is NNc1nc(NC23CC4CC(CC(C4)C2)C3)nc(N(c2ccccc2)c2ccccc2)n1. The van der Waals surface area contributed by atoms with E-state index in [4.69, 9.17) is 10.8 Å². The molecule has 4 bridgehead atoms. The van der Waals surface area contributed by atoms with E-state index in [1.165, 1.54) is 38.5 Å². The van der Waals surface area contributed by atoms with E-state index in [1.807, 2.05) is 41.3 Å². The molecule has 164 valence electrons. The van der Waals surface area contributed by atoms with Gasteiger partial charge in [0.1, 0.15) is 0 Å². The van der Waals surface area contributed by atoms with Gasteiger partial charge in [-0.05, 0) is 80.5 Å². The summed E-state index contributed by atoms with van der Waals surface area (Å²) in [6.45, 7) is 0. The van der Waals surface area contributed by atoms with Gasteiger partial charge >= 0.3 is 0 Å². The lowest BCUT2D eigenvalue weighted by Crippen LogP contribution is -2.55. The van der Waals surface area contributed by atoms with E-state index < -0.39 is 0 Å². The average molecular weight is 428 g/mol. The summed E-state index contributed by atoms with van der Waals surface area (Å²) in [6.07, 6.45) is 7.84. The van der Waals surface area contributed by atoms with Crippen molar-refractivity contribution in [2.45, 2.75) is 44.1 Å². The summed E-state index contributed by atoms with van der Waals surface area (Å²) in [5.74, 6) is 9.80. The Kier molecular flexibility index (Phi) is 4.72. The molecular formula is C25H29N7. The summed E-state index contributed by atoms with van der Waals surface area (Å²) in [6, 6.07) is 20.3. The number of para-hydroxylation sites is 2. The Morgan fingerprint density at radius 1 is 0.719 bits per heavy atom. The van der Waals surface area contributed by atoms with Crippen LogP contribution in [-0.4, -0.2) is 20.5 Å². The number of hydrogen-bond donors (Lipinski definition) is 3. The van der Waals surface area contributed by atoms with Gasteiger partial charge < -0.3 is 5.32 Å². The lowest BCUT2D eigenvalue weighted by Gasteiger charge is -2.56. The normalized spacial score (nSPS) is 27.8. The Labute approximate surface area is 188 Å². The summed E-state index contributed by atoms with van der Waals surface area (Å²) in [7, 11) is 0. The van der Waals surface area contributed by atoms with Crippen LogP contribution in [0.1, 0.15) is 38.5 Å². The maximum Gasteiger partial charge on any atom is 0.243 e. The van der Waals surface area contributed by atoms with Crippen molar-refractivity contribution < 1.29 is 0 Å². The van der Waals surface area contributed by atoms with Crippen LogP contribution >= 0.6 is 0 Å². The zero-order chi connectivity index (χ0) is 21.5. The number of nitrogens with zero attached hydrogens (tertiary/aromatic N) is 4. The Hall–Kier alpha value is -3.19. The lowest BCUT2D eigenvalue weighted by atomic mass is 9.53. The molecular weight excluding hydrogens is 398 g/mol. The molecule has 1 heterocycles. The molecule has 0 aliphatic heterocycles. The van der Waals surface area contributed by atoms with Gasteiger partial charge in [0.15, 0.2) is 0 Å². The molecule has 0 radical (unpaired) electrons. The zero-order valence-electron chi connectivity index (χ0n) is 18.1. The third-order valence-electron chi connectivity index (χ3n) is 7.40. The van der Waals surface area contributed by atoms with Crippen LogP contribution in [0.25, 0.3) is 0 Å². The molecule has 0 atom stereocenters. The number of nitrogens with two attached hydrogens (primary N) is 1. The van der Waals surface area contributed by atoms with E-state index in [1.54, 1.807) is 0 Å². The minimum Gasteiger partial charge on any atom is -0.349 e. The van der Waals surface area contributed by atoms with Crippen LogP contribution < -0.4 is 21.5 Å². The Morgan fingerprint density at radius 3 is 1.72 bits per heavy atom. The fraction of sp³-hybridized carbons (Fsp3) is 0.400.